The number of hydrogen-bond acceptors (Lipinski definition) is 4. The van der Waals surface area contributed by atoms with Crippen molar-refractivity contribution in [3.8, 4) is 0 Å². The van der Waals surface area contributed by atoms with Gasteiger partial charge in [0, 0.05) is 36.9 Å². The molecule has 0 spiro atoms. The second-order valence-corrected chi connectivity index (χ2v) is 7.36. The van der Waals surface area contributed by atoms with Gasteiger partial charge in [-0.3, -0.25) is 0 Å². The van der Waals surface area contributed by atoms with Crippen LogP contribution < -0.4 is 9.80 Å². The first-order chi connectivity index (χ1) is 11.2. The van der Waals surface area contributed by atoms with Gasteiger partial charge in [0.15, 0.2) is 5.13 Å². The van der Waals surface area contributed by atoms with Crippen LogP contribution in [0.3, 0.4) is 0 Å². The lowest BCUT2D eigenvalue weighted by atomic mass is 10.2. The van der Waals surface area contributed by atoms with E-state index in [1.807, 2.05) is 12.1 Å². The van der Waals surface area contributed by atoms with Crippen LogP contribution in [-0.2, 0) is 0 Å². The van der Waals surface area contributed by atoms with Crippen LogP contribution in [0.5, 0.6) is 0 Å². The predicted molar refractivity (Wildman–Crippen MR) is 100 cm³/mol. The number of rotatable bonds is 2. The first kappa shape index (κ1) is 14.8. The molecule has 0 radical (unpaired) electrons. The molecule has 1 aliphatic rings. The van der Waals surface area contributed by atoms with Crippen LogP contribution in [-0.4, -0.2) is 31.2 Å². The van der Waals surface area contributed by atoms with E-state index in [4.69, 9.17) is 16.6 Å². The molecule has 0 aliphatic carbocycles. The van der Waals surface area contributed by atoms with E-state index in [-0.39, 0.29) is 0 Å². The minimum absolute atomic E-state index is 0.789. The quantitative estimate of drug-likeness (QED) is 0.678. The number of aryl methyl sites for hydroxylation is 1. The van der Waals surface area contributed by atoms with Crippen molar-refractivity contribution in [2.24, 2.45) is 0 Å². The van der Waals surface area contributed by atoms with Crippen molar-refractivity contribution < 1.29 is 0 Å². The zero-order chi connectivity index (χ0) is 15.8. The summed E-state index contributed by atoms with van der Waals surface area (Å²) in [4.78, 5) is 9.60. The lowest BCUT2D eigenvalue weighted by Crippen LogP contribution is -2.46. The van der Waals surface area contributed by atoms with Crippen LogP contribution >= 0.6 is 22.9 Å². The van der Waals surface area contributed by atoms with Gasteiger partial charge in [-0.05, 0) is 48.9 Å². The second kappa shape index (κ2) is 6.02. The molecule has 0 unspecified atom stereocenters. The molecular weight excluding hydrogens is 326 g/mol. The summed E-state index contributed by atoms with van der Waals surface area (Å²) in [5, 5.41) is 1.93. The Kier molecular flexibility index (Phi) is 3.87. The highest BCUT2D eigenvalue weighted by atomic mass is 35.5. The minimum atomic E-state index is 0.789. The van der Waals surface area contributed by atoms with Gasteiger partial charge >= 0.3 is 0 Å². The molecule has 0 bridgehead atoms. The smallest absolute Gasteiger partial charge is 0.186 e. The number of halogens is 1. The molecule has 1 aromatic heterocycles. The predicted octanol–water partition coefficient (Wildman–Crippen LogP) is 4.58. The van der Waals surface area contributed by atoms with Gasteiger partial charge in [0.1, 0.15) is 0 Å². The van der Waals surface area contributed by atoms with Crippen molar-refractivity contribution in [3.63, 3.8) is 0 Å². The summed E-state index contributed by atoms with van der Waals surface area (Å²) in [6.45, 7) is 6.15. The zero-order valence-corrected chi connectivity index (χ0v) is 14.6. The average molecular weight is 344 g/mol. The molecule has 5 heteroatoms. The fourth-order valence-corrected chi connectivity index (χ4v) is 4.20. The average Bonchev–Trinajstić information content (AvgIpc) is 2.99. The van der Waals surface area contributed by atoms with E-state index in [1.54, 1.807) is 11.3 Å². The van der Waals surface area contributed by atoms with Gasteiger partial charge in [-0.1, -0.05) is 29.0 Å². The number of hydrogen-bond donors (Lipinski definition) is 0. The maximum absolute atomic E-state index is 5.97. The third-order valence-electron chi connectivity index (χ3n) is 4.27. The lowest BCUT2D eigenvalue weighted by Gasteiger charge is -2.36. The molecule has 4 rings (SSSR count). The van der Waals surface area contributed by atoms with E-state index in [2.05, 4.69) is 47.1 Å². The van der Waals surface area contributed by atoms with Gasteiger partial charge in [-0.2, -0.15) is 0 Å². The molecule has 0 atom stereocenters. The van der Waals surface area contributed by atoms with Gasteiger partial charge in [0.25, 0.3) is 0 Å². The Morgan fingerprint density at radius 3 is 2.39 bits per heavy atom. The van der Waals surface area contributed by atoms with E-state index in [9.17, 15) is 0 Å². The Hall–Kier alpha value is -1.78. The van der Waals surface area contributed by atoms with Crippen molar-refractivity contribution in [2.45, 2.75) is 6.92 Å². The largest absolute Gasteiger partial charge is 0.368 e. The molecule has 118 valence electrons. The van der Waals surface area contributed by atoms with Crippen LogP contribution in [0.15, 0.2) is 42.5 Å². The number of piperazine rings is 1. The highest BCUT2D eigenvalue weighted by molar-refractivity contribution is 7.22. The van der Waals surface area contributed by atoms with Gasteiger partial charge in [-0.25, -0.2) is 4.98 Å². The van der Waals surface area contributed by atoms with Gasteiger partial charge < -0.3 is 9.80 Å². The minimum Gasteiger partial charge on any atom is -0.368 e. The number of benzene rings is 2. The number of thiazole rings is 1. The van der Waals surface area contributed by atoms with Crippen LogP contribution in [0, 0.1) is 6.92 Å². The maximum Gasteiger partial charge on any atom is 0.186 e. The Morgan fingerprint density at radius 1 is 0.957 bits per heavy atom. The van der Waals surface area contributed by atoms with Crippen molar-refractivity contribution in [2.75, 3.05) is 36.0 Å². The number of anilines is 2. The number of fused-ring (bicyclic) bond motifs is 1. The standard InChI is InChI=1S/C18H18ClN3S/c1-13-2-7-16-17(12-13)23-18(20-16)22-10-8-21(9-11-22)15-5-3-14(19)4-6-15/h2-7,12H,8-11H2,1H3. The summed E-state index contributed by atoms with van der Waals surface area (Å²) < 4.78 is 1.28. The number of nitrogens with zero attached hydrogens (tertiary/aromatic N) is 3. The maximum atomic E-state index is 5.97. The highest BCUT2D eigenvalue weighted by Crippen LogP contribution is 2.30. The molecular formula is C18H18ClN3S. The SMILES string of the molecule is Cc1ccc2nc(N3CCN(c4ccc(Cl)cc4)CC3)sc2c1. The monoisotopic (exact) mass is 343 g/mol. The van der Waals surface area contributed by atoms with Crippen LogP contribution in [0.1, 0.15) is 5.56 Å². The zero-order valence-electron chi connectivity index (χ0n) is 13.0. The third kappa shape index (κ3) is 3.01. The van der Waals surface area contributed by atoms with E-state index in [0.29, 0.717) is 0 Å². The van der Waals surface area contributed by atoms with E-state index >= 15 is 0 Å². The Morgan fingerprint density at radius 2 is 1.65 bits per heavy atom. The summed E-state index contributed by atoms with van der Waals surface area (Å²) in [5.41, 5.74) is 3.64. The topological polar surface area (TPSA) is 19.4 Å². The van der Waals surface area contributed by atoms with E-state index in [0.717, 1.165) is 41.8 Å². The molecule has 2 aromatic carbocycles. The van der Waals surface area contributed by atoms with Crippen molar-refractivity contribution in [1.82, 2.24) is 4.98 Å². The molecule has 3 aromatic rings. The van der Waals surface area contributed by atoms with E-state index in [1.165, 1.54) is 16.0 Å². The van der Waals surface area contributed by atoms with Crippen LogP contribution in [0.25, 0.3) is 10.2 Å². The fourth-order valence-electron chi connectivity index (χ4n) is 2.96. The summed E-state index contributed by atoms with van der Waals surface area (Å²) in [5.74, 6) is 0. The molecule has 2 heterocycles. The van der Waals surface area contributed by atoms with E-state index < -0.39 is 0 Å². The molecule has 1 aliphatic heterocycles. The Bertz CT molecular complexity index is 820. The normalized spacial score (nSPS) is 15.4. The summed E-state index contributed by atoms with van der Waals surface area (Å²) >= 11 is 7.77. The first-order valence-electron chi connectivity index (χ1n) is 7.82. The molecule has 3 nitrogen and oxygen atoms in total. The highest BCUT2D eigenvalue weighted by Gasteiger charge is 2.20. The molecule has 0 saturated carbocycles. The molecule has 1 fully saturated rings. The van der Waals surface area contributed by atoms with Crippen LogP contribution in [0.4, 0.5) is 10.8 Å². The number of aromatic nitrogens is 1. The second-order valence-electron chi connectivity index (χ2n) is 5.92. The summed E-state index contributed by atoms with van der Waals surface area (Å²) in [6, 6.07) is 14.6. The summed E-state index contributed by atoms with van der Waals surface area (Å²) in [7, 11) is 0. The first-order valence-corrected chi connectivity index (χ1v) is 9.01. The van der Waals surface area contributed by atoms with Crippen LogP contribution in [0.2, 0.25) is 5.02 Å². The van der Waals surface area contributed by atoms with Crippen molar-refractivity contribution in [1.29, 1.82) is 0 Å². The molecule has 0 amide bonds. The van der Waals surface area contributed by atoms with Gasteiger partial charge in [-0.15, -0.1) is 0 Å². The van der Waals surface area contributed by atoms with Gasteiger partial charge in [0.05, 0.1) is 10.2 Å². The molecule has 0 N–H and O–H groups in total. The Labute approximate surface area is 145 Å². The Balaban J connectivity index is 1.48. The molecule has 1 saturated heterocycles. The van der Waals surface area contributed by atoms with Crippen molar-refractivity contribution >= 4 is 44.0 Å². The third-order valence-corrected chi connectivity index (χ3v) is 5.61. The molecule has 23 heavy (non-hydrogen) atoms. The van der Waals surface area contributed by atoms with Gasteiger partial charge in [0.2, 0.25) is 0 Å². The van der Waals surface area contributed by atoms with Crippen molar-refractivity contribution in [3.05, 3.63) is 53.1 Å². The lowest BCUT2D eigenvalue weighted by molar-refractivity contribution is 0.652. The fraction of sp³-hybridized carbons (Fsp3) is 0.278. The summed E-state index contributed by atoms with van der Waals surface area (Å²) in [6.07, 6.45) is 0.